The molecule has 6 aliphatic carbocycles. The lowest BCUT2D eigenvalue weighted by atomic mass is 9.32. The van der Waals surface area contributed by atoms with Crippen molar-refractivity contribution in [2.45, 2.75) is 157 Å². The largest absolute Gasteiger partial charge is 0.481 e. The van der Waals surface area contributed by atoms with Gasteiger partial charge in [0.1, 0.15) is 6.10 Å². The molecule has 0 bridgehead atoms. The number of aliphatic hydroxyl groups is 1. The molecule has 10 heteroatoms. The van der Waals surface area contributed by atoms with Gasteiger partial charge in [0, 0.05) is 43.1 Å². The highest BCUT2D eigenvalue weighted by atomic mass is 32.2. The SMILES string of the molecule is C=C(C)[C@@H]1CC[C@]2(NC[C@@H]([C@H](C)O)N3CCS(=O)(=O)CC3)CC[C@]3(C)[C@H](CC[C@@H]4[C@@]5(C)CC[C@H](OC(=O)[C@H]6[C@@H](CC(=O)O)C6(C)C)C(C)(C)[C@@H]5CC[C@]43C)[C@@H]12. The minimum atomic E-state index is -3.00. The molecule has 3 N–H and O–H groups in total. The van der Waals surface area contributed by atoms with Crippen LogP contribution in [0.15, 0.2) is 12.2 Å². The van der Waals surface area contributed by atoms with Crippen molar-refractivity contribution < 1.29 is 33.0 Å². The number of carboxylic acid groups (broad SMARTS) is 1. The predicted molar refractivity (Wildman–Crippen MR) is 216 cm³/mol. The molecule has 1 saturated heterocycles. The number of esters is 1. The standard InChI is InChI=1S/C45H74N2O7S/c1-27(2)29-13-18-45(46-26-32(28(3)48)47-21-23-55(52,53)24-22-47)20-19-43(9)30(37(29)45)11-12-34-42(8)16-15-35(41(6,7)33(42)14-17-44(34,43)10)54-39(51)38-31(25-36(49)50)40(38,4)5/h28-35,37-38,46,48H,1,11-26H2,2-10H3,(H,49,50)/t28-,29-,30+,31+,32-,33-,34+,35-,37+,38+,42-,43+,44+,45-/m0/s1. The molecule has 312 valence electrons. The molecule has 0 aromatic carbocycles. The molecular weight excluding hydrogens is 713 g/mol. The number of aliphatic hydroxyl groups excluding tert-OH is 1. The number of hydrogen-bond donors (Lipinski definition) is 3. The number of aliphatic carboxylic acids is 1. The van der Waals surface area contributed by atoms with Crippen LogP contribution in [0.25, 0.3) is 0 Å². The summed E-state index contributed by atoms with van der Waals surface area (Å²) in [5.74, 6) is 1.31. The molecule has 1 heterocycles. The number of carboxylic acids is 1. The van der Waals surface area contributed by atoms with Crippen LogP contribution in [-0.4, -0.2) is 90.4 Å². The first kappa shape index (κ1) is 41.7. The maximum Gasteiger partial charge on any atom is 0.310 e. The highest BCUT2D eigenvalue weighted by molar-refractivity contribution is 7.91. The molecule has 7 rings (SSSR count). The molecule has 55 heavy (non-hydrogen) atoms. The van der Waals surface area contributed by atoms with Crippen molar-refractivity contribution in [3.05, 3.63) is 12.2 Å². The van der Waals surface area contributed by atoms with E-state index < -0.39 is 21.9 Å². The molecule has 0 aromatic heterocycles. The molecule has 7 fully saturated rings. The quantitative estimate of drug-likeness (QED) is 0.156. The summed E-state index contributed by atoms with van der Waals surface area (Å²) >= 11 is 0. The summed E-state index contributed by atoms with van der Waals surface area (Å²) in [7, 11) is -3.00. The van der Waals surface area contributed by atoms with E-state index in [1.165, 1.54) is 31.3 Å². The van der Waals surface area contributed by atoms with Crippen LogP contribution < -0.4 is 5.32 Å². The van der Waals surface area contributed by atoms with Crippen LogP contribution >= 0.6 is 0 Å². The molecule has 0 amide bonds. The van der Waals surface area contributed by atoms with Gasteiger partial charge in [-0.3, -0.25) is 14.5 Å². The summed E-state index contributed by atoms with van der Waals surface area (Å²) < 4.78 is 30.9. The molecule has 9 nitrogen and oxygen atoms in total. The van der Waals surface area contributed by atoms with Gasteiger partial charge in [-0.05, 0) is 135 Å². The Kier molecular flexibility index (Phi) is 10.4. The molecule has 7 aliphatic rings. The number of fused-ring (bicyclic) bond motifs is 7. The summed E-state index contributed by atoms with van der Waals surface area (Å²) in [5.41, 5.74) is 1.26. The van der Waals surface area contributed by atoms with Crippen molar-refractivity contribution in [2.24, 2.45) is 68.5 Å². The van der Waals surface area contributed by atoms with Crippen LogP contribution in [0.5, 0.6) is 0 Å². The van der Waals surface area contributed by atoms with Gasteiger partial charge in [0.25, 0.3) is 0 Å². The summed E-state index contributed by atoms with van der Waals surface area (Å²) in [6.07, 6.45) is 10.5. The van der Waals surface area contributed by atoms with Gasteiger partial charge in [-0.25, -0.2) is 8.42 Å². The number of carbonyl (C=O) groups is 2. The second-order valence-electron chi connectivity index (χ2n) is 22.0. The number of carbonyl (C=O) groups excluding carboxylic acids is 1. The number of nitrogens with one attached hydrogen (secondary N) is 1. The zero-order valence-electron chi connectivity index (χ0n) is 35.6. The van der Waals surface area contributed by atoms with Crippen LogP contribution in [0.2, 0.25) is 0 Å². The maximum atomic E-state index is 13.6. The third-order valence-electron chi connectivity index (χ3n) is 19.0. The smallest absolute Gasteiger partial charge is 0.310 e. The molecule has 0 aromatic rings. The van der Waals surface area contributed by atoms with Gasteiger partial charge in [0.15, 0.2) is 9.84 Å². The maximum absolute atomic E-state index is 13.6. The summed E-state index contributed by atoms with van der Waals surface area (Å²) in [4.78, 5) is 27.4. The number of sulfone groups is 1. The van der Waals surface area contributed by atoms with Gasteiger partial charge in [-0.2, -0.15) is 0 Å². The Balaban J connectivity index is 1.10. The fourth-order valence-electron chi connectivity index (χ4n) is 15.6. The Morgan fingerprint density at radius 1 is 0.873 bits per heavy atom. The van der Waals surface area contributed by atoms with Crippen molar-refractivity contribution in [3.63, 3.8) is 0 Å². The minimum absolute atomic E-state index is 0.0158. The molecule has 0 spiro atoms. The van der Waals surface area contributed by atoms with E-state index in [1.807, 2.05) is 20.8 Å². The van der Waals surface area contributed by atoms with E-state index in [1.54, 1.807) is 0 Å². The summed E-state index contributed by atoms with van der Waals surface area (Å²) in [6.45, 7) is 26.9. The van der Waals surface area contributed by atoms with E-state index in [0.29, 0.717) is 49.2 Å². The van der Waals surface area contributed by atoms with E-state index in [0.717, 1.165) is 38.5 Å². The molecule has 0 radical (unpaired) electrons. The van der Waals surface area contributed by atoms with Crippen molar-refractivity contribution in [1.29, 1.82) is 0 Å². The van der Waals surface area contributed by atoms with E-state index in [9.17, 15) is 28.2 Å². The molecule has 0 unspecified atom stereocenters. The average molecular weight is 787 g/mol. The van der Waals surface area contributed by atoms with Crippen molar-refractivity contribution in [2.75, 3.05) is 31.1 Å². The lowest BCUT2D eigenvalue weighted by Gasteiger charge is -2.73. The molecule has 14 atom stereocenters. The molecule has 1 aliphatic heterocycles. The Bertz CT molecular complexity index is 1640. The van der Waals surface area contributed by atoms with Gasteiger partial charge in [0.2, 0.25) is 0 Å². The molecular formula is C45H74N2O7S. The monoisotopic (exact) mass is 787 g/mol. The van der Waals surface area contributed by atoms with Gasteiger partial charge in [-0.1, -0.05) is 60.6 Å². The minimum Gasteiger partial charge on any atom is -0.481 e. The zero-order valence-corrected chi connectivity index (χ0v) is 36.4. The molecule has 6 saturated carbocycles. The number of hydrogen-bond acceptors (Lipinski definition) is 8. The topological polar surface area (TPSA) is 133 Å². The fourth-order valence-corrected chi connectivity index (χ4v) is 16.8. The first-order chi connectivity index (χ1) is 25.5. The highest BCUT2D eigenvalue weighted by Crippen LogP contribution is 2.76. The van der Waals surface area contributed by atoms with E-state index in [2.05, 4.69) is 58.3 Å². The number of ether oxygens (including phenoxy) is 1. The van der Waals surface area contributed by atoms with Crippen molar-refractivity contribution in [3.8, 4) is 0 Å². The Hall–Kier alpha value is -1.49. The first-order valence-corrected chi connectivity index (χ1v) is 23.7. The normalized spacial score (nSPS) is 46.5. The third kappa shape index (κ3) is 6.50. The second kappa shape index (κ2) is 13.8. The lowest BCUT2D eigenvalue weighted by molar-refractivity contribution is -0.246. The number of rotatable bonds is 10. The Morgan fingerprint density at radius 2 is 1.55 bits per heavy atom. The van der Waals surface area contributed by atoms with Gasteiger partial charge < -0.3 is 20.3 Å². The third-order valence-corrected chi connectivity index (χ3v) is 20.6. The van der Waals surface area contributed by atoms with E-state index in [-0.39, 0.29) is 80.5 Å². The number of nitrogens with zero attached hydrogens (tertiary/aromatic N) is 1. The lowest BCUT2D eigenvalue weighted by Crippen LogP contribution is -2.69. The van der Waals surface area contributed by atoms with Crippen molar-refractivity contribution >= 4 is 21.8 Å². The van der Waals surface area contributed by atoms with Crippen LogP contribution in [0.4, 0.5) is 0 Å². The van der Waals surface area contributed by atoms with Gasteiger partial charge in [0.05, 0.1) is 23.5 Å². The van der Waals surface area contributed by atoms with Crippen LogP contribution in [0.1, 0.15) is 133 Å². The van der Waals surface area contributed by atoms with Crippen molar-refractivity contribution in [1.82, 2.24) is 10.2 Å². The van der Waals surface area contributed by atoms with Crippen LogP contribution in [0.3, 0.4) is 0 Å². The Labute approximate surface area is 332 Å². The summed E-state index contributed by atoms with van der Waals surface area (Å²) in [5, 5.41) is 24.6. The first-order valence-electron chi connectivity index (χ1n) is 21.9. The summed E-state index contributed by atoms with van der Waals surface area (Å²) in [6, 6.07) is -0.120. The van der Waals surface area contributed by atoms with Crippen LogP contribution in [0, 0.1) is 68.5 Å². The predicted octanol–water partition coefficient (Wildman–Crippen LogP) is 7.12. The van der Waals surface area contributed by atoms with Gasteiger partial charge in [-0.15, -0.1) is 0 Å². The number of allylic oxidation sites excluding steroid dienone is 1. The van der Waals surface area contributed by atoms with Gasteiger partial charge >= 0.3 is 11.9 Å². The van der Waals surface area contributed by atoms with Crippen LogP contribution in [-0.2, 0) is 24.2 Å². The zero-order chi connectivity index (χ0) is 40.3. The average Bonchev–Trinajstić information content (AvgIpc) is 3.40. The highest BCUT2D eigenvalue weighted by Gasteiger charge is 2.71. The van der Waals surface area contributed by atoms with E-state index in [4.69, 9.17) is 4.74 Å². The van der Waals surface area contributed by atoms with E-state index >= 15 is 0 Å². The second-order valence-corrected chi connectivity index (χ2v) is 24.3. The Morgan fingerprint density at radius 3 is 2.16 bits per heavy atom. The fraction of sp³-hybridized carbons (Fsp3) is 0.911.